The van der Waals surface area contributed by atoms with Gasteiger partial charge in [0.2, 0.25) is 0 Å². The average molecular weight is 387 g/mol. The molecular weight excluding hydrogens is 360 g/mol. The van der Waals surface area contributed by atoms with Gasteiger partial charge in [-0.05, 0) is 15.4 Å². The van der Waals surface area contributed by atoms with Crippen molar-refractivity contribution in [3.8, 4) is 0 Å². The van der Waals surface area contributed by atoms with Crippen LogP contribution in [-0.2, 0) is 18.7 Å². The third kappa shape index (κ3) is 3.99. The highest BCUT2D eigenvalue weighted by atomic mass is 28.4. The van der Waals surface area contributed by atoms with E-state index in [-0.39, 0.29) is 18.3 Å². The van der Waals surface area contributed by atoms with Crippen LogP contribution in [0.5, 0.6) is 0 Å². The zero-order valence-corrected chi connectivity index (χ0v) is 16.9. The van der Waals surface area contributed by atoms with Gasteiger partial charge >= 0.3 is 5.97 Å². The molecule has 2 atom stereocenters. The summed E-state index contributed by atoms with van der Waals surface area (Å²) < 4.78 is 17.7. The standard InChI is InChI=1S/C21H26O5Si/c1-21(2,3)27(16-10-6-4-7-11-16,17-12-8-5-9-13-17)25-15-19-24-14-18(26-19)20(22)23/h4-13,18-19H,14-15H2,1-3H3,(H,22,23)/t18-,19-/m1/s1. The third-order valence-corrected chi connectivity index (χ3v) is 9.88. The maximum absolute atomic E-state index is 11.1. The Balaban J connectivity index is 1.96. The van der Waals surface area contributed by atoms with Crippen molar-refractivity contribution in [1.82, 2.24) is 0 Å². The second-order valence-electron chi connectivity index (χ2n) is 7.70. The van der Waals surface area contributed by atoms with Crippen LogP contribution in [0.4, 0.5) is 0 Å². The lowest BCUT2D eigenvalue weighted by Gasteiger charge is -2.43. The highest BCUT2D eigenvalue weighted by molar-refractivity contribution is 6.99. The molecule has 1 N–H and O–H groups in total. The summed E-state index contributed by atoms with van der Waals surface area (Å²) in [5.41, 5.74) is 0. The number of carbonyl (C=O) groups is 1. The van der Waals surface area contributed by atoms with Crippen molar-refractivity contribution in [2.75, 3.05) is 13.2 Å². The Morgan fingerprint density at radius 2 is 1.59 bits per heavy atom. The van der Waals surface area contributed by atoms with E-state index >= 15 is 0 Å². The molecule has 0 spiro atoms. The fourth-order valence-electron chi connectivity index (χ4n) is 3.63. The van der Waals surface area contributed by atoms with Crippen molar-refractivity contribution in [3.05, 3.63) is 60.7 Å². The number of hydrogen-bond acceptors (Lipinski definition) is 4. The molecule has 3 rings (SSSR count). The van der Waals surface area contributed by atoms with Gasteiger partial charge in [0.05, 0.1) is 13.2 Å². The van der Waals surface area contributed by atoms with E-state index in [9.17, 15) is 4.79 Å². The molecule has 27 heavy (non-hydrogen) atoms. The summed E-state index contributed by atoms with van der Waals surface area (Å²) in [5, 5.41) is 11.3. The van der Waals surface area contributed by atoms with Crippen LogP contribution in [0, 0.1) is 0 Å². The summed E-state index contributed by atoms with van der Waals surface area (Å²) in [7, 11) is -2.67. The van der Waals surface area contributed by atoms with E-state index in [4.69, 9.17) is 19.0 Å². The quantitative estimate of drug-likeness (QED) is 0.773. The molecule has 0 saturated carbocycles. The fourth-order valence-corrected chi connectivity index (χ4v) is 8.17. The zero-order chi connectivity index (χ0) is 19.5. The topological polar surface area (TPSA) is 65.0 Å². The number of carboxylic acid groups (broad SMARTS) is 1. The van der Waals surface area contributed by atoms with Gasteiger partial charge in [0.1, 0.15) is 0 Å². The van der Waals surface area contributed by atoms with E-state index in [2.05, 4.69) is 45.0 Å². The molecule has 0 amide bonds. The van der Waals surface area contributed by atoms with Gasteiger partial charge in [-0.15, -0.1) is 0 Å². The van der Waals surface area contributed by atoms with Crippen LogP contribution in [0.15, 0.2) is 60.7 Å². The van der Waals surface area contributed by atoms with Crippen LogP contribution in [0.1, 0.15) is 20.8 Å². The van der Waals surface area contributed by atoms with Crippen LogP contribution in [-0.4, -0.2) is 45.0 Å². The average Bonchev–Trinajstić information content (AvgIpc) is 3.12. The summed E-state index contributed by atoms with van der Waals surface area (Å²) in [5.74, 6) is -1.01. The molecule has 0 bridgehead atoms. The fraction of sp³-hybridized carbons (Fsp3) is 0.381. The van der Waals surface area contributed by atoms with Gasteiger partial charge in [-0.2, -0.15) is 0 Å². The lowest BCUT2D eigenvalue weighted by Crippen LogP contribution is -2.67. The second-order valence-corrected chi connectivity index (χ2v) is 12.0. The maximum Gasteiger partial charge on any atom is 0.335 e. The normalized spacial score (nSPS) is 20.6. The Hall–Kier alpha value is -1.99. The number of benzene rings is 2. The summed E-state index contributed by atoms with van der Waals surface area (Å²) in [6.07, 6.45) is -1.61. The van der Waals surface area contributed by atoms with Gasteiger partial charge in [0.25, 0.3) is 8.32 Å². The van der Waals surface area contributed by atoms with Gasteiger partial charge in [-0.25, -0.2) is 4.79 Å². The largest absolute Gasteiger partial charge is 0.479 e. The van der Waals surface area contributed by atoms with Crippen LogP contribution in [0.2, 0.25) is 5.04 Å². The van der Waals surface area contributed by atoms with E-state index in [0.717, 1.165) is 10.4 Å². The van der Waals surface area contributed by atoms with Crippen LogP contribution >= 0.6 is 0 Å². The van der Waals surface area contributed by atoms with Gasteiger partial charge in [0.15, 0.2) is 12.4 Å². The van der Waals surface area contributed by atoms with Crippen molar-refractivity contribution >= 4 is 24.7 Å². The predicted octanol–water partition coefficient (Wildman–Crippen LogP) is 2.39. The van der Waals surface area contributed by atoms with Crippen LogP contribution < -0.4 is 10.4 Å². The molecule has 2 aromatic carbocycles. The number of ether oxygens (including phenoxy) is 2. The second kappa shape index (κ2) is 7.94. The summed E-state index contributed by atoms with van der Waals surface area (Å²) in [4.78, 5) is 11.1. The van der Waals surface area contributed by atoms with Crippen molar-refractivity contribution in [3.63, 3.8) is 0 Å². The van der Waals surface area contributed by atoms with Crippen LogP contribution in [0.25, 0.3) is 0 Å². The van der Waals surface area contributed by atoms with E-state index in [0.29, 0.717) is 0 Å². The molecule has 0 radical (unpaired) electrons. The van der Waals surface area contributed by atoms with Crippen LogP contribution in [0.3, 0.4) is 0 Å². The molecule has 2 aromatic rings. The summed E-state index contributed by atoms with van der Waals surface area (Å²) >= 11 is 0. The first-order chi connectivity index (χ1) is 12.8. The molecule has 6 heteroatoms. The van der Waals surface area contributed by atoms with Gasteiger partial charge in [-0.3, -0.25) is 0 Å². The molecule has 5 nitrogen and oxygen atoms in total. The number of aliphatic carboxylic acids is 1. The zero-order valence-electron chi connectivity index (χ0n) is 15.9. The van der Waals surface area contributed by atoms with Crippen molar-refractivity contribution in [1.29, 1.82) is 0 Å². The van der Waals surface area contributed by atoms with E-state index in [1.54, 1.807) is 0 Å². The lowest BCUT2D eigenvalue weighted by atomic mass is 10.2. The van der Waals surface area contributed by atoms with Crippen molar-refractivity contribution in [2.24, 2.45) is 0 Å². The minimum Gasteiger partial charge on any atom is -0.479 e. The van der Waals surface area contributed by atoms with Crippen molar-refractivity contribution < 1.29 is 23.8 Å². The number of hydrogen-bond donors (Lipinski definition) is 1. The van der Waals surface area contributed by atoms with E-state index in [1.807, 2.05) is 36.4 Å². The molecular formula is C21H26O5Si. The minimum atomic E-state index is -2.67. The molecule has 1 fully saturated rings. The first kappa shape index (κ1) is 19.8. The number of rotatable bonds is 6. The predicted molar refractivity (Wildman–Crippen MR) is 106 cm³/mol. The lowest BCUT2D eigenvalue weighted by molar-refractivity contribution is -0.152. The molecule has 1 heterocycles. The Morgan fingerprint density at radius 1 is 1.07 bits per heavy atom. The summed E-state index contributed by atoms with van der Waals surface area (Å²) in [6.45, 7) is 6.81. The van der Waals surface area contributed by atoms with Gasteiger partial charge in [0, 0.05) is 0 Å². The molecule has 0 aliphatic carbocycles. The highest BCUT2D eigenvalue weighted by Crippen LogP contribution is 2.37. The molecule has 1 saturated heterocycles. The smallest absolute Gasteiger partial charge is 0.335 e. The van der Waals surface area contributed by atoms with Crippen molar-refractivity contribution in [2.45, 2.75) is 38.2 Å². The molecule has 1 aliphatic rings. The minimum absolute atomic E-state index is 0.0457. The molecule has 0 unspecified atom stereocenters. The summed E-state index contributed by atoms with van der Waals surface area (Å²) in [6, 6.07) is 20.5. The molecule has 0 aromatic heterocycles. The number of carboxylic acids is 1. The van der Waals surface area contributed by atoms with Gasteiger partial charge < -0.3 is 19.0 Å². The Bertz CT molecular complexity index is 718. The first-order valence-corrected chi connectivity index (χ1v) is 11.0. The van der Waals surface area contributed by atoms with E-state index < -0.39 is 26.7 Å². The molecule has 144 valence electrons. The first-order valence-electron chi connectivity index (χ1n) is 9.09. The Kier molecular flexibility index (Phi) is 5.81. The maximum atomic E-state index is 11.1. The Morgan fingerprint density at radius 3 is 2.00 bits per heavy atom. The van der Waals surface area contributed by atoms with Gasteiger partial charge in [-0.1, -0.05) is 81.4 Å². The highest BCUT2D eigenvalue weighted by Gasteiger charge is 2.50. The SMILES string of the molecule is CC(C)(C)[Si](OC[C@@H]1OC[C@H](C(=O)O)O1)(c1ccccc1)c1ccccc1. The van der Waals surface area contributed by atoms with E-state index in [1.165, 1.54) is 0 Å². The monoisotopic (exact) mass is 386 g/mol. The molecule has 1 aliphatic heterocycles. The third-order valence-electron chi connectivity index (χ3n) is 4.88. The Labute approximate surface area is 161 Å².